The minimum absolute atomic E-state index is 0.0190. The van der Waals surface area contributed by atoms with Crippen LogP contribution in [0.15, 0.2) is 24.4 Å². The van der Waals surface area contributed by atoms with E-state index < -0.39 is 4.92 Å². The summed E-state index contributed by atoms with van der Waals surface area (Å²) in [7, 11) is 0. The minimum atomic E-state index is -0.434. The van der Waals surface area contributed by atoms with Gasteiger partial charge in [-0.15, -0.1) is 11.3 Å². The molecule has 0 saturated carbocycles. The number of thiophene rings is 1. The largest absolute Gasteiger partial charge is 0.357 e. The van der Waals surface area contributed by atoms with Crippen LogP contribution in [0, 0.1) is 17.0 Å². The van der Waals surface area contributed by atoms with Gasteiger partial charge < -0.3 is 5.32 Å². The third kappa shape index (κ3) is 3.21. The first kappa shape index (κ1) is 13.8. The normalized spacial score (nSPS) is 12.2. The van der Waals surface area contributed by atoms with Gasteiger partial charge >= 0.3 is 5.69 Å². The van der Waals surface area contributed by atoms with E-state index in [1.54, 1.807) is 19.2 Å². The van der Waals surface area contributed by atoms with Gasteiger partial charge in [-0.05, 0) is 31.5 Å². The van der Waals surface area contributed by atoms with Crippen molar-refractivity contribution in [3.63, 3.8) is 0 Å². The highest BCUT2D eigenvalue weighted by Crippen LogP contribution is 2.31. The van der Waals surface area contributed by atoms with Crippen LogP contribution in [-0.2, 0) is 0 Å². The van der Waals surface area contributed by atoms with Gasteiger partial charge in [0.15, 0.2) is 0 Å². The fourth-order valence-corrected chi connectivity index (χ4v) is 2.70. The van der Waals surface area contributed by atoms with Crippen LogP contribution in [0.25, 0.3) is 0 Å². The molecular formula is C12H12ClN3O2S. The van der Waals surface area contributed by atoms with E-state index >= 15 is 0 Å². The van der Waals surface area contributed by atoms with Crippen molar-refractivity contribution < 1.29 is 4.92 Å². The SMILES string of the molecule is Cc1cnc(NC(C)c2ccc(Cl)s2)c([N+](=O)[O-])c1. The van der Waals surface area contributed by atoms with E-state index in [4.69, 9.17) is 11.6 Å². The summed E-state index contributed by atoms with van der Waals surface area (Å²) < 4.78 is 0.690. The Hall–Kier alpha value is -1.66. The number of pyridine rings is 1. The van der Waals surface area contributed by atoms with Crippen molar-refractivity contribution in [3.05, 3.63) is 49.3 Å². The highest BCUT2D eigenvalue weighted by atomic mass is 35.5. The molecule has 0 aromatic carbocycles. The third-order valence-corrected chi connectivity index (χ3v) is 3.99. The summed E-state index contributed by atoms with van der Waals surface area (Å²) in [5, 5.41) is 14.1. The van der Waals surface area contributed by atoms with Gasteiger partial charge in [0, 0.05) is 17.1 Å². The van der Waals surface area contributed by atoms with E-state index in [2.05, 4.69) is 10.3 Å². The Morgan fingerprint density at radius 1 is 1.53 bits per heavy atom. The molecule has 0 aliphatic rings. The summed E-state index contributed by atoms with van der Waals surface area (Å²) in [5.74, 6) is 0.271. The van der Waals surface area contributed by atoms with E-state index in [0.717, 1.165) is 10.4 Å². The Morgan fingerprint density at radius 3 is 2.84 bits per heavy atom. The molecule has 1 N–H and O–H groups in total. The number of aryl methyl sites for hydroxylation is 1. The third-order valence-electron chi connectivity index (χ3n) is 2.57. The predicted octanol–water partition coefficient (Wildman–Crippen LogP) is 4.19. The Bertz CT molecular complexity index is 615. The molecule has 0 radical (unpaired) electrons. The highest BCUT2D eigenvalue weighted by Gasteiger charge is 2.18. The summed E-state index contributed by atoms with van der Waals surface area (Å²) in [6, 6.07) is 5.11. The van der Waals surface area contributed by atoms with Crippen LogP contribution in [0.4, 0.5) is 11.5 Å². The summed E-state index contributed by atoms with van der Waals surface area (Å²) in [6.07, 6.45) is 1.60. The van der Waals surface area contributed by atoms with Crippen molar-refractivity contribution in [2.45, 2.75) is 19.9 Å². The van der Waals surface area contributed by atoms with Crippen LogP contribution < -0.4 is 5.32 Å². The van der Waals surface area contributed by atoms with Gasteiger partial charge in [0.05, 0.1) is 15.3 Å². The molecule has 0 spiro atoms. The van der Waals surface area contributed by atoms with E-state index in [-0.39, 0.29) is 17.5 Å². The first-order valence-corrected chi connectivity index (χ1v) is 6.79. The number of halogens is 1. The zero-order chi connectivity index (χ0) is 14.0. The molecule has 0 fully saturated rings. The number of hydrogen-bond donors (Lipinski definition) is 1. The zero-order valence-corrected chi connectivity index (χ0v) is 12.0. The topological polar surface area (TPSA) is 68.1 Å². The van der Waals surface area contributed by atoms with Gasteiger partial charge in [0.1, 0.15) is 0 Å². The number of nitrogens with zero attached hydrogens (tertiary/aromatic N) is 2. The molecule has 100 valence electrons. The molecule has 0 saturated heterocycles. The summed E-state index contributed by atoms with van der Waals surface area (Å²) in [6.45, 7) is 3.68. The fourth-order valence-electron chi connectivity index (χ4n) is 1.64. The number of aromatic nitrogens is 1. The molecule has 0 bridgehead atoms. The molecule has 2 aromatic rings. The number of hydrogen-bond acceptors (Lipinski definition) is 5. The van der Waals surface area contributed by atoms with Crippen molar-refractivity contribution in [1.29, 1.82) is 0 Å². The van der Waals surface area contributed by atoms with Crippen molar-refractivity contribution in [3.8, 4) is 0 Å². The lowest BCUT2D eigenvalue weighted by atomic mass is 10.2. The lowest BCUT2D eigenvalue weighted by molar-refractivity contribution is -0.384. The molecular weight excluding hydrogens is 286 g/mol. The van der Waals surface area contributed by atoms with Crippen molar-refractivity contribution in [2.24, 2.45) is 0 Å². The second kappa shape index (κ2) is 5.54. The second-order valence-corrected chi connectivity index (χ2v) is 5.89. The lowest BCUT2D eigenvalue weighted by Gasteiger charge is -2.12. The van der Waals surface area contributed by atoms with Crippen molar-refractivity contribution >= 4 is 34.4 Å². The molecule has 19 heavy (non-hydrogen) atoms. The van der Waals surface area contributed by atoms with Crippen molar-refractivity contribution in [2.75, 3.05) is 5.32 Å². The van der Waals surface area contributed by atoms with Gasteiger partial charge in [0.25, 0.3) is 0 Å². The molecule has 7 heteroatoms. The Balaban J connectivity index is 2.26. The monoisotopic (exact) mass is 297 g/mol. The Kier molecular flexibility index (Phi) is 4.01. The first-order chi connectivity index (χ1) is 8.97. The molecule has 1 unspecified atom stereocenters. The molecule has 2 heterocycles. The molecule has 0 amide bonds. The van der Waals surface area contributed by atoms with E-state index in [1.807, 2.05) is 13.0 Å². The smallest absolute Gasteiger partial charge is 0.311 e. The van der Waals surface area contributed by atoms with Crippen molar-refractivity contribution in [1.82, 2.24) is 4.98 Å². The highest BCUT2D eigenvalue weighted by molar-refractivity contribution is 7.16. The predicted molar refractivity (Wildman–Crippen MR) is 77.0 cm³/mol. The van der Waals surface area contributed by atoms with Crippen LogP contribution in [0.3, 0.4) is 0 Å². The lowest BCUT2D eigenvalue weighted by Crippen LogP contribution is -2.08. The van der Waals surface area contributed by atoms with Crippen LogP contribution >= 0.6 is 22.9 Å². The molecule has 0 aliphatic carbocycles. The van der Waals surface area contributed by atoms with Gasteiger partial charge in [-0.3, -0.25) is 10.1 Å². The number of nitro groups is 1. The molecule has 5 nitrogen and oxygen atoms in total. The molecule has 0 aliphatic heterocycles. The summed E-state index contributed by atoms with van der Waals surface area (Å²) in [5.41, 5.74) is 0.735. The summed E-state index contributed by atoms with van der Waals surface area (Å²) in [4.78, 5) is 15.7. The quantitative estimate of drug-likeness (QED) is 0.679. The Labute approximate surface area is 119 Å². The summed E-state index contributed by atoms with van der Waals surface area (Å²) >= 11 is 7.31. The van der Waals surface area contributed by atoms with Gasteiger partial charge in [-0.2, -0.15) is 0 Å². The van der Waals surface area contributed by atoms with E-state index in [1.165, 1.54) is 17.4 Å². The minimum Gasteiger partial charge on any atom is -0.357 e. The molecule has 2 aromatic heterocycles. The maximum absolute atomic E-state index is 11.0. The Morgan fingerprint density at radius 2 is 2.26 bits per heavy atom. The van der Waals surface area contributed by atoms with Crippen LogP contribution in [-0.4, -0.2) is 9.91 Å². The van der Waals surface area contributed by atoms with Crippen LogP contribution in [0.2, 0.25) is 4.34 Å². The van der Waals surface area contributed by atoms with Gasteiger partial charge in [-0.25, -0.2) is 4.98 Å². The standard InChI is InChI=1S/C12H12ClN3O2S/c1-7-5-9(16(17)18)12(14-6-7)15-8(2)10-3-4-11(13)19-10/h3-6,8H,1-2H3,(H,14,15). The maximum Gasteiger partial charge on any atom is 0.311 e. The van der Waals surface area contributed by atoms with Gasteiger partial charge in [-0.1, -0.05) is 11.6 Å². The van der Waals surface area contributed by atoms with Crippen LogP contribution in [0.1, 0.15) is 23.4 Å². The fraction of sp³-hybridized carbons (Fsp3) is 0.250. The number of nitrogens with one attached hydrogen (secondary N) is 1. The molecule has 1 atom stereocenters. The zero-order valence-electron chi connectivity index (χ0n) is 10.4. The van der Waals surface area contributed by atoms with E-state index in [9.17, 15) is 10.1 Å². The first-order valence-electron chi connectivity index (χ1n) is 5.60. The second-order valence-electron chi connectivity index (χ2n) is 4.15. The average Bonchev–Trinajstić information content (AvgIpc) is 2.78. The van der Waals surface area contributed by atoms with Gasteiger partial charge in [0.2, 0.25) is 5.82 Å². The maximum atomic E-state index is 11.0. The molecule has 2 rings (SSSR count). The number of anilines is 1. The van der Waals surface area contributed by atoms with Crippen LogP contribution in [0.5, 0.6) is 0 Å². The average molecular weight is 298 g/mol. The number of rotatable bonds is 4. The van der Waals surface area contributed by atoms with E-state index in [0.29, 0.717) is 4.34 Å².